The van der Waals surface area contributed by atoms with E-state index in [-0.39, 0.29) is 24.2 Å². The van der Waals surface area contributed by atoms with Gasteiger partial charge in [-0.25, -0.2) is 4.79 Å². The summed E-state index contributed by atoms with van der Waals surface area (Å²) in [5, 5.41) is 25.4. The molecule has 1 aromatic carbocycles. The molecule has 3 N–H and O–H groups in total. The van der Waals surface area contributed by atoms with E-state index in [0.717, 1.165) is 5.56 Å². The number of nitro benzene ring substituents is 1. The number of nitrogens with zero attached hydrogens (tertiary/aromatic N) is 1. The lowest BCUT2D eigenvalue weighted by molar-refractivity contribution is -0.384. The number of non-ortho nitro benzene ring substituents is 1. The van der Waals surface area contributed by atoms with E-state index >= 15 is 0 Å². The van der Waals surface area contributed by atoms with Crippen LogP contribution in [0.5, 0.6) is 0 Å². The van der Waals surface area contributed by atoms with E-state index in [9.17, 15) is 20.0 Å². The van der Waals surface area contributed by atoms with Crippen LogP contribution in [0.2, 0.25) is 0 Å². The Hall–Kier alpha value is -2.15. The van der Waals surface area contributed by atoms with Crippen LogP contribution in [0, 0.1) is 16.0 Å². The van der Waals surface area contributed by atoms with Gasteiger partial charge in [0.1, 0.15) is 0 Å². The summed E-state index contributed by atoms with van der Waals surface area (Å²) in [5.41, 5.74) is 0.795. The summed E-state index contributed by atoms with van der Waals surface area (Å²) >= 11 is 0. The summed E-state index contributed by atoms with van der Waals surface area (Å²) in [7, 11) is 0. The van der Waals surface area contributed by atoms with Crippen molar-refractivity contribution in [3.05, 3.63) is 39.9 Å². The molecule has 1 atom stereocenters. The molecular formula is C14H21N3O4. The van der Waals surface area contributed by atoms with Crippen LogP contribution in [0.25, 0.3) is 0 Å². The monoisotopic (exact) mass is 295 g/mol. The maximum absolute atomic E-state index is 11.5. The molecule has 0 aliphatic heterocycles. The number of carbonyl (C=O) groups excluding carboxylic acids is 1. The number of hydrogen-bond donors (Lipinski definition) is 3. The first-order valence-corrected chi connectivity index (χ1v) is 6.83. The zero-order chi connectivity index (χ0) is 15.8. The van der Waals surface area contributed by atoms with Crippen molar-refractivity contribution in [3.8, 4) is 0 Å². The molecule has 0 fully saturated rings. The highest BCUT2D eigenvalue weighted by Gasteiger charge is 2.09. The molecule has 7 nitrogen and oxygen atoms in total. The van der Waals surface area contributed by atoms with Crippen LogP contribution in [-0.2, 0) is 6.54 Å². The van der Waals surface area contributed by atoms with Gasteiger partial charge in [-0.3, -0.25) is 10.1 Å². The number of aliphatic hydroxyl groups is 1. The first-order valence-electron chi connectivity index (χ1n) is 6.83. The highest BCUT2D eigenvalue weighted by atomic mass is 16.6. The second-order valence-corrected chi connectivity index (χ2v) is 5.13. The predicted molar refractivity (Wildman–Crippen MR) is 78.8 cm³/mol. The number of urea groups is 1. The first kappa shape index (κ1) is 16.9. The number of carbonyl (C=O) groups is 1. The van der Waals surface area contributed by atoms with Gasteiger partial charge in [-0.2, -0.15) is 0 Å². The fourth-order valence-electron chi connectivity index (χ4n) is 1.65. The molecule has 0 radical (unpaired) electrons. The number of nitrogens with one attached hydrogen (secondary N) is 2. The Morgan fingerprint density at radius 3 is 2.43 bits per heavy atom. The summed E-state index contributed by atoms with van der Waals surface area (Å²) < 4.78 is 0. The molecule has 21 heavy (non-hydrogen) atoms. The average molecular weight is 295 g/mol. The Kier molecular flexibility index (Phi) is 6.61. The second kappa shape index (κ2) is 8.21. The Morgan fingerprint density at radius 1 is 1.29 bits per heavy atom. The van der Waals surface area contributed by atoms with E-state index in [1.54, 1.807) is 12.1 Å². The fraction of sp³-hybridized carbons (Fsp3) is 0.500. The molecule has 7 heteroatoms. The van der Waals surface area contributed by atoms with Crippen LogP contribution >= 0.6 is 0 Å². The van der Waals surface area contributed by atoms with Gasteiger partial charge < -0.3 is 15.7 Å². The normalized spacial score (nSPS) is 12.0. The highest BCUT2D eigenvalue weighted by Crippen LogP contribution is 2.11. The van der Waals surface area contributed by atoms with Crippen LogP contribution in [0.3, 0.4) is 0 Å². The molecule has 1 aromatic rings. The molecule has 0 aromatic heterocycles. The Balaban J connectivity index is 2.28. The third-order valence-corrected chi connectivity index (χ3v) is 3.10. The summed E-state index contributed by atoms with van der Waals surface area (Å²) in [6.45, 7) is 4.51. The summed E-state index contributed by atoms with van der Waals surface area (Å²) in [6, 6.07) is 5.66. The van der Waals surface area contributed by atoms with E-state index in [1.807, 2.05) is 13.8 Å². The van der Waals surface area contributed by atoms with Crippen LogP contribution in [0.1, 0.15) is 25.8 Å². The van der Waals surface area contributed by atoms with E-state index in [0.29, 0.717) is 13.0 Å². The van der Waals surface area contributed by atoms with Gasteiger partial charge in [0, 0.05) is 25.2 Å². The Morgan fingerprint density at radius 2 is 1.90 bits per heavy atom. The summed E-state index contributed by atoms with van der Waals surface area (Å²) in [6.07, 6.45) is 0.0720. The molecule has 2 amide bonds. The molecule has 0 bridgehead atoms. The molecule has 0 aliphatic rings. The molecule has 1 rings (SSSR count). The van der Waals surface area contributed by atoms with Crippen molar-refractivity contribution in [1.82, 2.24) is 10.6 Å². The topological polar surface area (TPSA) is 104 Å². The molecule has 116 valence electrons. The van der Waals surface area contributed by atoms with Crippen LogP contribution in [0.15, 0.2) is 24.3 Å². The SMILES string of the molecule is CC(C)C(O)CCNC(=O)NCc1ccc([N+](=O)[O-])cc1. The van der Waals surface area contributed by atoms with Crippen molar-refractivity contribution in [2.24, 2.45) is 5.92 Å². The van der Waals surface area contributed by atoms with Gasteiger partial charge in [0.05, 0.1) is 11.0 Å². The minimum Gasteiger partial charge on any atom is -0.393 e. The smallest absolute Gasteiger partial charge is 0.315 e. The van der Waals surface area contributed by atoms with Crippen molar-refractivity contribution in [1.29, 1.82) is 0 Å². The summed E-state index contributed by atoms with van der Waals surface area (Å²) in [4.78, 5) is 21.6. The molecule has 0 saturated carbocycles. The number of amides is 2. The van der Waals surface area contributed by atoms with Crippen molar-refractivity contribution < 1.29 is 14.8 Å². The van der Waals surface area contributed by atoms with Gasteiger partial charge in [0.2, 0.25) is 0 Å². The van der Waals surface area contributed by atoms with Gasteiger partial charge in [-0.05, 0) is 17.9 Å². The number of benzene rings is 1. The number of hydrogen-bond acceptors (Lipinski definition) is 4. The van der Waals surface area contributed by atoms with Crippen molar-refractivity contribution >= 4 is 11.7 Å². The van der Waals surface area contributed by atoms with Crippen LogP contribution < -0.4 is 10.6 Å². The quantitative estimate of drug-likeness (QED) is 0.527. The lowest BCUT2D eigenvalue weighted by Gasteiger charge is -2.14. The minimum atomic E-state index is -0.468. The molecule has 1 unspecified atom stereocenters. The Labute approximate surface area is 123 Å². The van der Waals surface area contributed by atoms with Gasteiger partial charge in [0.15, 0.2) is 0 Å². The van der Waals surface area contributed by atoms with Crippen LogP contribution in [0.4, 0.5) is 10.5 Å². The lowest BCUT2D eigenvalue weighted by atomic mass is 10.0. The van der Waals surface area contributed by atoms with E-state index < -0.39 is 11.0 Å². The summed E-state index contributed by atoms with van der Waals surface area (Å²) in [5.74, 6) is 0.162. The Bertz CT molecular complexity index is 474. The highest BCUT2D eigenvalue weighted by molar-refractivity contribution is 5.73. The predicted octanol–water partition coefficient (Wildman–Crippen LogP) is 1.80. The number of rotatable bonds is 7. The number of aliphatic hydroxyl groups excluding tert-OH is 1. The van der Waals surface area contributed by atoms with Crippen molar-refractivity contribution in [3.63, 3.8) is 0 Å². The standard InChI is InChI=1S/C14H21N3O4/c1-10(2)13(18)7-8-15-14(19)16-9-11-3-5-12(6-4-11)17(20)21/h3-6,10,13,18H,7-9H2,1-2H3,(H2,15,16,19). The third kappa shape index (κ3) is 6.22. The zero-order valence-corrected chi connectivity index (χ0v) is 12.2. The van der Waals surface area contributed by atoms with Gasteiger partial charge in [0.25, 0.3) is 5.69 Å². The molecule has 0 heterocycles. The zero-order valence-electron chi connectivity index (χ0n) is 12.2. The number of nitro groups is 1. The van der Waals surface area contributed by atoms with Gasteiger partial charge in [-0.1, -0.05) is 26.0 Å². The van der Waals surface area contributed by atoms with Crippen molar-refractivity contribution in [2.45, 2.75) is 32.9 Å². The molecule has 0 saturated heterocycles. The largest absolute Gasteiger partial charge is 0.393 e. The van der Waals surface area contributed by atoms with Gasteiger partial charge >= 0.3 is 6.03 Å². The lowest BCUT2D eigenvalue weighted by Crippen LogP contribution is -2.37. The van der Waals surface area contributed by atoms with E-state index in [2.05, 4.69) is 10.6 Å². The van der Waals surface area contributed by atoms with Crippen LogP contribution in [-0.4, -0.2) is 28.7 Å². The maximum Gasteiger partial charge on any atom is 0.315 e. The molecule has 0 spiro atoms. The van der Waals surface area contributed by atoms with E-state index in [1.165, 1.54) is 12.1 Å². The fourth-order valence-corrected chi connectivity index (χ4v) is 1.65. The maximum atomic E-state index is 11.5. The molecule has 0 aliphatic carbocycles. The minimum absolute atomic E-state index is 0.0193. The van der Waals surface area contributed by atoms with Gasteiger partial charge in [-0.15, -0.1) is 0 Å². The third-order valence-electron chi connectivity index (χ3n) is 3.10. The van der Waals surface area contributed by atoms with E-state index in [4.69, 9.17) is 0 Å². The first-order chi connectivity index (χ1) is 9.90. The van der Waals surface area contributed by atoms with Crippen molar-refractivity contribution in [2.75, 3.05) is 6.54 Å². The average Bonchev–Trinajstić information content (AvgIpc) is 2.45. The second-order valence-electron chi connectivity index (χ2n) is 5.13. The molecular weight excluding hydrogens is 274 g/mol.